The third-order valence-electron chi connectivity index (χ3n) is 4.89. The lowest BCUT2D eigenvalue weighted by Gasteiger charge is -2.14. The van der Waals surface area contributed by atoms with Crippen LogP contribution in [0.1, 0.15) is 5.56 Å². The van der Waals surface area contributed by atoms with Gasteiger partial charge in [-0.2, -0.15) is 18.2 Å². The molecule has 36 heavy (non-hydrogen) atoms. The number of primary sulfonamides is 1. The summed E-state index contributed by atoms with van der Waals surface area (Å²) in [4.78, 5) is 12.6. The van der Waals surface area contributed by atoms with Gasteiger partial charge in [0.15, 0.2) is 5.82 Å². The molecule has 0 bridgehead atoms. The van der Waals surface area contributed by atoms with Crippen LogP contribution in [0.15, 0.2) is 59.5 Å². The summed E-state index contributed by atoms with van der Waals surface area (Å²) in [6, 6.07) is 12.7. The first-order chi connectivity index (χ1) is 16.9. The van der Waals surface area contributed by atoms with Crippen molar-refractivity contribution in [3.8, 4) is 11.3 Å². The van der Waals surface area contributed by atoms with Gasteiger partial charge < -0.3 is 10.6 Å². The smallest absolute Gasteiger partial charge is 0.359 e. The maximum Gasteiger partial charge on any atom is 0.405 e. The second-order valence-corrected chi connectivity index (χ2v) is 9.54. The molecule has 0 saturated heterocycles. The number of benzene rings is 2. The Balaban J connectivity index is 1.66. The van der Waals surface area contributed by atoms with E-state index < -0.39 is 28.6 Å². The van der Waals surface area contributed by atoms with Crippen LogP contribution in [0.3, 0.4) is 0 Å². The fourth-order valence-corrected chi connectivity index (χ4v) is 4.36. The maximum absolute atomic E-state index is 13.3. The minimum atomic E-state index is -4.51. The number of aromatic nitrogens is 3. The Labute approximate surface area is 207 Å². The summed E-state index contributed by atoms with van der Waals surface area (Å²) in [6.45, 7) is -1.28. The van der Waals surface area contributed by atoms with Gasteiger partial charge in [-0.15, -0.1) is 0 Å². The summed E-state index contributed by atoms with van der Waals surface area (Å²) in [7, 11) is -3.99. The molecule has 0 fully saturated rings. The quantitative estimate of drug-likeness (QED) is 0.290. The Bertz CT molecular complexity index is 1530. The fourth-order valence-electron chi connectivity index (χ4n) is 3.25. The Morgan fingerprint density at radius 3 is 2.31 bits per heavy atom. The van der Waals surface area contributed by atoms with Gasteiger partial charge in [0.2, 0.25) is 16.0 Å². The molecule has 4 rings (SSSR count). The van der Waals surface area contributed by atoms with E-state index in [-0.39, 0.29) is 39.3 Å². The van der Waals surface area contributed by atoms with E-state index in [2.05, 4.69) is 25.6 Å². The first kappa shape index (κ1) is 25.5. The van der Waals surface area contributed by atoms with Crippen LogP contribution in [-0.2, 0) is 16.6 Å². The van der Waals surface area contributed by atoms with Crippen molar-refractivity contribution < 1.29 is 26.0 Å². The Hall–Kier alpha value is -3.55. The number of alkyl halides is 3. The second-order valence-electron chi connectivity index (χ2n) is 7.60. The van der Waals surface area contributed by atoms with Crippen LogP contribution < -0.4 is 15.8 Å². The van der Waals surface area contributed by atoms with Crippen molar-refractivity contribution >= 4 is 44.4 Å². The number of nitrogens with one attached hydrogen (secondary N) is 2. The fraction of sp³-hybridized carbons (Fsp3) is 0.136. The summed E-state index contributed by atoms with van der Waals surface area (Å²) in [5.41, 5.74) is 1.84. The van der Waals surface area contributed by atoms with Gasteiger partial charge in [0.25, 0.3) is 0 Å². The Morgan fingerprint density at radius 2 is 1.67 bits per heavy atom. The van der Waals surface area contributed by atoms with E-state index in [0.717, 1.165) is 0 Å². The van der Waals surface area contributed by atoms with Gasteiger partial charge in [0.05, 0.1) is 16.2 Å². The average molecular weight is 541 g/mol. The average Bonchev–Trinajstić information content (AvgIpc) is 2.80. The molecule has 14 heteroatoms. The first-order valence-corrected chi connectivity index (χ1v) is 12.1. The van der Waals surface area contributed by atoms with E-state index in [9.17, 15) is 26.0 Å². The van der Waals surface area contributed by atoms with Crippen molar-refractivity contribution in [3.05, 3.63) is 71.0 Å². The number of fused-ring (bicyclic) bond motifs is 1. The van der Waals surface area contributed by atoms with Crippen LogP contribution in [0.25, 0.3) is 22.3 Å². The number of sulfonamides is 1. The van der Waals surface area contributed by atoms with Crippen molar-refractivity contribution in [2.45, 2.75) is 17.6 Å². The van der Waals surface area contributed by atoms with E-state index >= 15 is 0 Å². The van der Waals surface area contributed by atoms with Crippen LogP contribution in [-0.4, -0.2) is 36.1 Å². The van der Waals surface area contributed by atoms with E-state index in [1.54, 1.807) is 12.1 Å². The van der Waals surface area contributed by atoms with Crippen molar-refractivity contribution in [2.75, 3.05) is 17.2 Å². The number of halogens is 5. The first-order valence-electron chi connectivity index (χ1n) is 10.2. The second kappa shape index (κ2) is 9.84. The molecule has 0 atom stereocenters. The number of nitrogens with zero attached hydrogens (tertiary/aromatic N) is 3. The Kier molecular flexibility index (Phi) is 6.98. The van der Waals surface area contributed by atoms with E-state index in [4.69, 9.17) is 16.7 Å². The largest absolute Gasteiger partial charge is 0.405 e. The van der Waals surface area contributed by atoms with Crippen molar-refractivity contribution in [3.63, 3.8) is 0 Å². The maximum atomic E-state index is 13.3. The van der Waals surface area contributed by atoms with Gasteiger partial charge in [0.1, 0.15) is 22.8 Å². The van der Waals surface area contributed by atoms with Gasteiger partial charge in [-0.05, 0) is 54.1 Å². The van der Waals surface area contributed by atoms with Crippen molar-refractivity contribution in [1.82, 2.24) is 15.0 Å². The lowest BCUT2D eigenvalue weighted by atomic mass is 10.1. The van der Waals surface area contributed by atoms with E-state index in [1.807, 2.05) is 0 Å². The molecular weight excluding hydrogens is 524 g/mol. The number of pyridine rings is 1. The Morgan fingerprint density at radius 1 is 0.944 bits per heavy atom. The summed E-state index contributed by atoms with van der Waals surface area (Å²) in [5, 5.41) is 10.1. The molecule has 8 nitrogen and oxygen atoms in total. The molecule has 0 aliphatic carbocycles. The third kappa shape index (κ3) is 6.17. The highest BCUT2D eigenvalue weighted by Gasteiger charge is 2.27. The monoisotopic (exact) mass is 540 g/mol. The molecule has 0 radical (unpaired) electrons. The minimum absolute atomic E-state index is 0.00449. The summed E-state index contributed by atoms with van der Waals surface area (Å²) in [5.74, 6) is -0.603. The lowest BCUT2D eigenvalue weighted by molar-refractivity contribution is -0.115. The highest BCUT2D eigenvalue weighted by molar-refractivity contribution is 7.89. The van der Waals surface area contributed by atoms with Gasteiger partial charge in [0, 0.05) is 12.1 Å². The summed E-state index contributed by atoms with van der Waals surface area (Å²) < 4.78 is 75.0. The zero-order chi connectivity index (χ0) is 26.1. The number of nitrogens with two attached hydrogens (primary N) is 1. The van der Waals surface area contributed by atoms with Crippen LogP contribution in [0.2, 0.25) is 5.02 Å². The highest BCUT2D eigenvalue weighted by atomic mass is 35.5. The molecule has 2 aromatic carbocycles. The molecule has 2 heterocycles. The van der Waals surface area contributed by atoms with Crippen LogP contribution >= 0.6 is 11.6 Å². The van der Waals surface area contributed by atoms with Gasteiger partial charge in [-0.3, -0.25) is 0 Å². The molecule has 188 valence electrons. The number of hydrogen-bond acceptors (Lipinski definition) is 7. The normalized spacial score (nSPS) is 12.1. The third-order valence-corrected chi connectivity index (χ3v) is 6.29. The summed E-state index contributed by atoms with van der Waals surface area (Å²) in [6.07, 6.45) is -4.51. The molecular formula is C22H17ClF4N6O2S. The SMILES string of the molecule is NS(=O)(=O)c1ccc(CNc2nc(NCC(F)(F)F)c3nc(-c4ccc(F)cc4)ccc3n2)cc1Cl. The lowest BCUT2D eigenvalue weighted by Crippen LogP contribution is -2.22. The highest BCUT2D eigenvalue weighted by Crippen LogP contribution is 2.27. The molecule has 2 aromatic heterocycles. The minimum Gasteiger partial charge on any atom is -0.359 e. The standard InChI is InChI=1S/C22H17ClF4N6O2S/c23-15-9-12(1-8-18(15)36(28,34)35)10-29-21-32-17-7-6-16(13-2-4-14(24)5-3-13)31-19(17)20(33-21)30-11-22(25,26)27/h1-9H,10-11H2,(H2,28,34,35)(H2,29,30,32,33). The number of hydrogen-bond donors (Lipinski definition) is 3. The van der Waals surface area contributed by atoms with Gasteiger partial charge in [-0.1, -0.05) is 17.7 Å². The molecule has 0 amide bonds. The molecule has 0 saturated carbocycles. The molecule has 0 unspecified atom stereocenters. The van der Waals surface area contributed by atoms with Crippen molar-refractivity contribution in [2.24, 2.45) is 5.14 Å². The van der Waals surface area contributed by atoms with Gasteiger partial charge >= 0.3 is 6.18 Å². The van der Waals surface area contributed by atoms with E-state index in [0.29, 0.717) is 16.8 Å². The zero-order valence-electron chi connectivity index (χ0n) is 18.1. The van der Waals surface area contributed by atoms with Gasteiger partial charge in [-0.25, -0.2) is 27.9 Å². The zero-order valence-corrected chi connectivity index (χ0v) is 19.7. The van der Waals surface area contributed by atoms with Crippen LogP contribution in [0.4, 0.5) is 29.3 Å². The molecule has 4 aromatic rings. The predicted octanol–water partition coefficient (Wildman–Crippen LogP) is 4.72. The number of anilines is 2. The topological polar surface area (TPSA) is 123 Å². The molecule has 0 spiro atoms. The number of rotatable bonds is 7. The van der Waals surface area contributed by atoms with Crippen molar-refractivity contribution in [1.29, 1.82) is 0 Å². The van der Waals surface area contributed by atoms with Crippen LogP contribution in [0, 0.1) is 5.82 Å². The molecule has 4 N–H and O–H groups in total. The predicted molar refractivity (Wildman–Crippen MR) is 127 cm³/mol. The van der Waals surface area contributed by atoms with E-state index in [1.165, 1.54) is 42.5 Å². The molecule has 0 aliphatic heterocycles. The molecule has 0 aliphatic rings. The summed E-state index contributed by atoms with van der Waals surface area (Å²) >= 11 is 5.99. The van der Waals surface area contributed by atoms with Crippen LogP contribution in [0.5, 0.6) is 0 Å².